The molecule has 0 aliphatic heterocycles. The summed E-state index contributed by atoms with van der Waals surface area (Å²) in [5, 5.41) is 0. The molecule has 2 aromatic rings. The van der Waals surface area contributed by atoms with E-state index in [1.54, 1.807) is 6.07 Å². The van der Waals surface area contributed by atoms with Gasteiger partial charge >= 0.3 is 6.55 Å². The van der Waals surface area contributed by atoms with Crippen molar-refractivity contribution >= 4 is 15.9 Å². The third kappa shape index (κ3) is 2.87. The first-order valence-electron chi connectivity index (χ1n) is 5.26. The average molecular weight is 317 g/mol. The summed E-state index contributed by atoms with van der Waals surface area (Å²) in [6, 6.07) is 5.46. The van der Waals surface area contributed by atoms with E-state index in [9.17, 15) is 8.78 Å². The summed E-state index contributed by atoms with van der Waals surface area (Å²) < 4.78 is 32.3. The van der Waals surface area contributed by atoms with Gasteiger partial charge in [0.25, 0.3) is 0 Å². The van der Waals surface area contributed by atoms with Crippen LogP contribution in [-0.4, -0.2) is 9.55 Å². The Bertz CT molecular complexity index is 543. The molecule has 1 aromatic carbocycles. The van der Waals surface area contributed by atoms with Crippen LogP contribution < -0.4 is 4.74 Å². The number of hydrogen-bond acceptors (Lipinski definition) is 2. The largest absolute Gasteiger partial charge is 0.486 e. The fourth-order valence-corrected chi connectivity index (χ4v) is 1.73. The molecule has 0 amide bonds. The van der Waals surface area contributed by atoms with E-state index in [1.807, 2.05) is 19.1 Å². The van der Waals surface area contributed by atoms with Crippen molar-refractivity contribution in [1.82, 2.24) is 9.55 Å². The van der Waals surface area contributed by atoms with Crippen LogP contribution in [0.25, 0.3) is 0 Å². The van der Waals surface area contributed by atoms with Crippen LogP contribution >= 0.6 is 15.9 Å². The Morgan fingerprint density at radius 1 is 1.44 bits per heavy atom. The maximum absolute atomic E-state index is 12.6. The molecule has 0 aliphatic rings. The Morgan fingerprint density at radius 2 is 2.22 bits per heavy atom. The van der Waals surface area contributed by atoms with E-state index in [-0.39, 0.29) is 12.4 Å². The van der Waals surface area contributed by atoms with Crippen LogP contribution in [0.5, 0.6) is 5.75 Å². The summed E-state index contributed by atoms with van der Waals surface area (Å²) in [5.41, 5.74) is 1.02. The van der Waals surface area contributed by atoms with Crippen LogP contribution in [0.2, 0.25) is 0 Å². The topological polar surface area (TPSA) is 27.1 Å². The number of hydrogen-bond donors (Lipinski definition) is 0. The van der Waals surface area contributed by atoms with Crippen molar-refractivity contribution in [2.24, 2.45) is 0 Å². The van der Waals surface area contributed by atoms with Crippen molar-refractivity contribution in [2.45, 2.75) is 20.1 Å². The van der Waals surface area contributed by atoms with E-state index >= 15 is 0 Å². The maximum Gasteiger partial charge on any atom is 0.320 e. The van der Waals surface area contributed by atoms with E-state index < -0.39 is 6.55 Å². The van der Waals surface area contributed by atoms with Gasteiger partial charge in [-0.1, -0.05) is 15.9 Å². The highest BCUT2D eigenvalue weighted by Gasteiger charge is 2.11. The second-order valence-electron chi connectivity index (χ2n) is 3.73. The van der Waals surface area contributed by atoms with Crippen molar-refractivity contribution in [2.75, 3.05) is 0 Å². The molecule has 0 saturated heterocycles. The van der Waals surface area contributed by atoms with Crippen molar-refractivity contribution in [3.8, 4) is 5.75 Å². The highest BCUT2D eigenvalue weighted by atomic mass is 79.9. The summed E-state index contributed by atoms with van der Waals surface area (Å²) in [5.74, 6) is 0.824. The second-order valence-corrected chi connectivity index (χ2v) is 4.58. The van der Waals surface area contributed by atoms with E-state index in [0.29, 0.717) is 5.75 Å². The van der Waals surface area contributed by atoms with Crippen LogP contribution in [0.3, 0.4) is 0 Å². The van der Waals surface area contributed by atoms with Gasteiger partial charge in [-0.2, -0.15) is 8.78 Å². The minimum atomic E-state index is -2.60. The Hall–Kier alpha value is -1.43. The third-order valence-corrected chi connectivity index (χ3v) is 3.35. The predicted molar refractivity (Wildman–Crippen MR) is 66.7 cm³/mol. The fraction of sp³-hybridized carbons (Fsp3) is 0.250. The highest BCUT2D eigenvalue weighted by Crippen LogP contribution is 2.22. The van der Waals surface area contributed by atoms with Crippen molar-refractivity contribution in [3.63, 3.8) is 0 Å². The quantitative estimate of drug-likeness (QED) is 0.854. The standard InChI is InChI=1S/C12H11BrF2N2O/c1-8-6-9(2-3-10(8)13)18-7-11-16-4-5-17(11)12(14)15/h2-6,12H,7H2,1H3. The van der Waals surface area contributed by atoms with Gasteiger partial charge < -0.3 is 4.74 Å². The Balaban J connectivity index is 2.07. The molecule has 0 saturated carbocycles. The van der Waals surface area contributed by atoms with Crippen LogP contribution in [0.1, 0.15) is 17.9 Å². The normalized spacial score (nSPS) is 10.9. The second kappa shape index (κ2) is 5.48. The number of nitrogens with zero attached hydrogens (tertiary/aromatic N) is 2. The molecule has 96 valence electrons. The van der Waals surface area contributed by atoms with Crippen LogP contribution in [0.4, 0.5) is 8.78 Å². The minimum absolute atomic E-state index is 0.0123. The molecule has 0 N–H and O–H groups in total. The van der Waals surface area contributed by atoms with E-state index in [1.165, 1.54) is 12.4 Å². The van der Waals surface area contributed by atoms with E-state index in [0.717, 1.165) is 14.6 Å². The van der Waals surface area contributed by atoms with Crippen LogP contribution in [0.15, 0.2) is 35.1 Å². The molecule has 1 heterocycles. The van der Waals surface area contributed by atoms with Gasteiger partial charge in [-0.15, -0.1) is 0 Å². The molecule has 0 spiro atoms. The first-order valence-corrected chi connectivity index (χ1v) is 6.06. The van der Waals surface area contributed by atoms with Gasteiger partial charge in [0.15, 0.2) is 5.82 Å². The van der Waals surface area contributed by atoms with Crippen LogP contribution in [0, 0.1) is 6.92 Å². The molecule has 0 aliphatic carbocycles. The lowest BCUT2D eigenvalue weighted by atomic mass is 10.2. The number of aromatic nitrogens is 2. The van der Waals surface area contributed by atoms with Gasteiger partial charge in [0.05, 0.1) is 0 Å². The number of benzene rings is 1. The first kappa shape index (κ1) is 13.0. The SMILES string of the molecule is Cc1cc(OCc2nccn2C(F)F)ccc1Br. The molecule has 0 bridgehead atoms. The zero-order valence-electron chi connectivity index (χ0n) is 9.61. The molecule has 1 aromatic heterocycles. The Morgan fingerprint density at radius 3 is 2.89 bits per heavy atom. The zero-order valence-corrected chi connectivity index (χ0v) is 11.2. The van der Waals surface area contributed by atoms with Gasteiger partial charge in [0.1, 0.15) is 12.4 Å². The molecular weight excluding hydrogens is 306 g/mol. The lowest BCUT2D eigenvalue weighted by Crippen LogP contribution is -2.07. The van der Waals surface area contributed by atoms with Crippen LogP contribution in [-0.2, 0) is 6.61 Å². The fourth-order valence-electron chi connectivity index (χ4n) is 1.49. The predicted octanol–water partition coefficient (Wildman–Crippen LogP) is 3.93. The summed E-state index contributed by atoms with van der Waals surface area (Å²) >= 11 is 3.38. The molecular formula is C12H11BrF2N2O. The molecule has 2 rings (SSSR count). The van der Waals surface area contributed by atoms with E-state index in [2.05, 4.69) is 20.9 Å². The summed E-state index contributed by atoms with van der Waals surface area (Å²) in [4.78, 5) is 3.84. The number of alkyl halides is 2. The summed E-state index contributed by atoms with van der Waals surface area (Å²) in [6.07, 6.45) is 2.56. The zero-order chi connectivity index (χ0) is 13.1. The molecule has 0 radical (unpaired) electrons. The molecule has 0 unspecified atom stereocenters. The van der Waals surface area contributed by atoms with Crippen molar-refractivity contribution in [3.05, 3.63) is 46.5 Å². The first-order chi connectivity index (χ1) is 8.58. The third-order valence-electron chi connectivity index (χ3n) is 2.46. The summed E-state index contributed by atoms with van der Waals surface area (Å²) in [7, 11) is 0. The number of ether oxygens (including phenoxy) is 1. The lowest BCUT2D eigenvalue weighted by molar-refractivity contribution is 0.0632. The number of halogens is 3. The van der Waals surface area contributed by atoms with Crippen molar-refractivity contribution < 1.29 is 13.5 Å². The maximum atomic E-state index is 12.6. The Labute approximate surface area is 112 Å². The molecule has 3 nitrogen and oxygen atoms in total. The molecule has 6 heteroatoms. The summed E-state index contributed by atoms with van der Waals surface area (Å²) in [6.45, 7) is -0.659. The smallest absolute Gasteiger partial charge is 0.320 e. The van der Waals surface area contributed by atoms with Gasteiger partial charge in [-0.25, -0.2) is 4.98 Å². The monoisotopic (exact) mass is 316 g/mol. The van der Waals surface area contributed by atoms with E-state index in [4.69, 9.17) is 4.74 Å². The lowest BCUT2D eigenvalue weighted by Gasteiger charge is -2.09. The minimum Gasteiger partial charge on any atom is -0.486 e. The number of aryl methyl sites for hydroxylation is 1. The average Bonchev–Trinajstić information content (AvgIpc) is 2.79. The Kier molecular flexibility index (Phi) is 3.96. The van der Waals surface area contributed by atoms with Gasteiger partial charge in [-0.05, 0) is 30.7 Å². The number of rotatable bonds is 4. The van der Waals surface area contributed by atoms with Crippen molar-refractivity contribution in [1.29, 1.82) is 0 Å². The highest BCUT2D eigenvalue weighted by molar-refractivity contribution is 9.10. The molecule has 0 atom stereocenters. The van der Waals surface area contributed by atoms with Gasteiger partial charge in [0.2, 0.25) is 0 Å². The van der Waals surface area contributed by atoms with Gasteiger partial charge in [-0.3, -0.25) is 4.57 Å². The molecule has 0 fully saturated rings. The molecule has 18 heavy (non-hydrogen) atoms. The van der Waals surface area contributed by atoms with Gasteiger partial charge in [0, 0.05) is 16.9 Å². The number of imidazole rings is 1.